The Bertz CT molecular complexity index is 1260. The fraction of sp³-hybridized carbons (Fsp3) is 0.214. The van der Waals surface area contributed by atoms with Crippen molar-refractivity contribution >= 4 is 40.7 Å². The highest BCUT2D eigenvalue weighted by Gasteiger charge is 2.15. The second-order valence-corrected chi connectivity index (χ2v) is 9.83. The van der Waals surface area contributed by atoms with Gasteiger partial charge in [0.1, 0.15) is 0 Å². The molecule has 0 heterocycles. The van der Waals surface area contributed by atoms with E-state index in [-0.39, 0.29) is 28.8 Å². The summed E-state index contributed by atoms with van der Waals surface area (Å²) in [5.74, 6) is -0.966. The van der Waals surface area contributed by atoms with Gasteiger partial charge in [-0.15, -0.1) is 0 Å². The smallest absolute Gasteiger partial charge is 0.269 e. The zero-order valence-corrected chi connectivity index (χ0v) is 21.6. The molecule has 3 amide bonds. The fourth-order valence-corrected chi connectivity index (χ4v) is 3.56. The highest BCUT2D eigenvalue weighted by Crippen LogP contribution is 2.22. The Morgan fingerprint density at radius 3 is 1.97 bits per heavy atom. The van der Waals surface area contributed by atoms with Gasteiger partial charge in [-0.1, -0.05) is 57.2 Å². The van der Waals surface area contributed by atoms with Gasteiger partial charge in [-0.25, -0.2) is 0 Å². The molecule has 0 aliphatic rings. The lowest BCUT2D eigenvalue weighted by Gasteiger charge is -2.19. The van der Waals surface area contributed by atoms with Gasteiger partial charge in [0.15, 0.2) is 5.11 Å². The van der Waals surface area contributed by atoms with E-state index in [1.807, 2.05) is 43.3 Å². The van der Waals surface area contributed by atoms with Crippen LogP contribution in [0.5, 0.6) is 0 Å². The molecule has 0 atom stereocenters. The van der Waals surface area contributed by atoms with E-state index in [0.29, 0.717) is 16.8 Å². The van der Waals surface area contributed by atoms with E-state index < -0.39 is 5.91 Å². The van der Waals surface area contributed by atoms with Crippen molar-refractivity contribution in [3.63, 3.8) is 0 Å². The minimum atomic E-state index is -0.443. The molecule has 0 bridgehead atoms. The highest BCUT2D eigenvalue weighted by atomic mass is 32.1. The molecule has 0 saturated carbocycles. The molecule has 0 aliphatic carbocycles. The number of carbonyl (C=O) groups excluding carboxylic acids is 3. The van der Waals surface area contributed by atoms with Crippen LogP contribution < -0.4 is 21.5 Å². The van der Waals surface area contributed by atoms with Crippen molar-refractivity contribution in [2.24, 2.45) is 0 Å². The molecule has 0 spiro atoms. The molecular weight excluding hydrogens is 472 g/mol. The lowest BCUT2D eigenvalue weighted by atomic mass is 9.87. The van der Waals surface area contributed by atoms with Crippen LogP contribution in [0.25, 0.3) is 0 Å². The van der Waals surface area contributed by atoms with Crippen LogP contribution in [0.2, 0.25) is 0 Å². The first-order valence-electron chi connectivity index (χ1n) is 11.5. The van der Waals surface area contributed by atoms with Gasteiger partial charge in [-0.2, -0.15) is 0 Å². The first-order chi connectivity index (χ1) is 17.0. The molecule has 36 heavy (non-hydrogen) atoms. The van der Waals surface area contributed by atoms with E-state index in [1.54, 1.807) is 36.4 Å². The van der Waals surface area contributed by atoms with Gasteiger partial charge in [-0.3, -0.25) is 25.2 Å². The molecule has 3 rings (SSSR count). The third-order valence-corrected chi connectivity index (χ3v) is 5.78. The first-order valence-corrected chi connectivity index (χ1v) is 11.9. The van der Waals surface area contributed by atoms with Crippen LogP contribution in [0.1, 0.15) is 58.2 Å². The molecule has 4 N–H and O–H groups in total. The van der Waals surface area contributed by atoms with Crippen LogP contribution in [0, 0.1) is 6.92 Å². The molecule has 7 nitrogen and oxygen atoms in total. The summed E-state index contributed by atoms with van der Waals surface area (Å²) >= 11 is 5.09. The molecule has 0 aliphatic heterocycles. The molecule has 0 unspecified atom stereocenters. The summed E-state index contributed by atoms with van der Waals surface area (Å²) in [5, 5.41) is 5.35. The summed E-state index contributed by atoms with van der Waals surface area (Å²) in [7, 11) is 0. The SMILES string of the molecule is Cc1ccccc1CC(=O)NC(=S)NNC(=O)c1ccc(NC(=O)c2ccc(C(C)(C)C)cc2)cc1. The maximum absolute atomic E-state index is 12.5. The van der Waals surface area contributed by atoms with Crippen molar-refractivity contribution in [2.45, 2.75) is 39.5 Å². The van der Waals surface area contributed by atoms with Crippen molar-refractivity contribution in [1.82, 2.24) is 16.2 Å². The van der Waals surface area contributed by atoms with Crippen molar-refractivity contribution in [1.29, 1.82) is 0 Å². The van der Waals surface area contributed by atoms with Crippen LogP contribution in [0.3, 0.4) is 0 Å². The molecule has 3 aromatic rings. The van der Waals surface area contributed by atoms with Crippen molar-refractivity contribution in [3.8, 4) is 0 Å². The Labute approximate surface area is 216 Å². The number of amides is 3. The Morgan fingerprint density at radius 2 is 1.36 bits per heavy atom. The number of hydrazine groups is 1. The largest absolute Gasteiger partial charge is 0.322 e. The zero-order valence-electron chi connectivity index (χ0n) is 20.8. The van der Waals surface area contributed by atoms with Crippen molar-refractivity contribution in [3.05, 3.63) is 101 Å². The van der Waals surface area contributed by atoms with Crippen molar-refractivity contribution in [2.75, 3.05) is 5.32 Å². The van der Waals surface area contributed by atoms with Gasteiger partial charge in [0.25, 0.3) is 11.8 Å². The molecule has 8 heteroatoms. The lowest BCUT2D eigenvalue weighted by Crippen LogP contribution is -2.48. The topological polar surface area (TPSA) is 99.3 Å². The third-order valence-electron chi connectivity index (χ3n) is 5.57. The van der Waals surface area contributed by atoms with Gasteiger partial charge < -0.3 is 10.6 Å². The Hall–Kier alpha value is -4.04. The Morgan fingerprint density at radius 1 is 0.778 bits per heavy atom. The van der Waals surface area contributed by atoms with Crippen molar-refractivity contribution < 1.29 is 14.4 Å². The number of carbonyl (C=O) groups is 3. The predicted octanol–water partition coefficient (Wildman–Crippen LogP) is 4.42. The minimum absolute atomic E-state index is 0.0108. The van der Waals surface area contributed by atoms with Crippen LogP contribution in [-0.4, -0.2) is 22.8 Å². The molecular formula is C28H30N4O3S. The average molecular weight is 503 g/mol. The number of hydrogen-bond donors (Lipinski definition) is 4. The number of anilines is 1. The van der Waals surface area contributed by atoms with Gasteiger partial charge in [-0.05, 0) is 77.6 Å². The third kappa shape index (κ3) is 7.48. The predicted molar refractivity (Wildman–Crippen MR) is 146 cm³/mol. The number of rotatable bonds is 5. The second-order valence-electron chi connectivity index (χ2n) is 9.42. The highest BCUT2D eigenvalue weighted by molar-refractivity contribution is 7.80. The molecule has 0 radical (unpaired) electrons. The maximum Gasteiger partial charge on any atom is 0.269 e. The van der Waals surface area contributed by atoms with Crippen LogP contribution in [0.15, 0.2) is 72.8 Å². The monoisotopic (exact) mass is 502 g/mol. The van der Waals surface area contributed by atoms with E-state index in [0.717, 1.165) is 16.7 Å². The molecule has 0 aromatic heterocycles. The summed E-state index contributed by atoms with van der Waals surface area (Å²) in [4.78, 5) is 37.1. The standard InChI is InChI=1S/C28H30N4O3S/c1-18-7-5-6-8-21(18)17-24(33)30-27(36)32-31-26(35)20-11-15-23(16-12-20)29-25(34)19-9-13-22(14-10-19)28(2,3)4/h5-16H,17H2,1-4H3,(H,29,34)(H,31,35)(H2,30,32,33,36). The van der Waals surface area contributed by atoms with Crippen LogP contribution in [0.4, 0.5) is 5.69 Å². The summed E-state index contributed by atoms with van der Waals surface area (Å²) in [6.45, 7) is 8.28. The quantitative estimate of drug-likeness (QED) is 0.306. The number of nitrogens with one attached hydrogen (secondary N) is 4. The number of benzene rings is 3. The second kappa shape index (κ2) is 11.6. The summed E-state index contributed by atoms with van der Waals surface area (Å²) in [5.41, 5.74) is 9.50. The van der Waals surface area contributed by atoms with Gasteiger partial charge in [0.2, 0.25) is 5.91 Å². The van der Waals surface area contributed by atoms with E-state index in [4.69, 9.17) is 12.2 Å². The van der Waals surface area contributed by atoms with Crippen LogP contribution >= 0.6 is 12.2 Å². The van der Waals surface area contributed by atoms with E-state index in [1.165, 1.54) is 0 Å². The van der Waals surface area contributed by atoms with Gasteiger partial charge in [0, 0.05) is 16.8 Å². The minimum Gasteiger partial charge on any atom is -0.322 e. The number of thiocarbonyl (C=S) groups is 1. The Balaban J connectivity index is 1.47. The summed E-state index contributed by atoms with van der Waals surface area (Å²) in [6, 6.07) is 21.5. The van der Waals surface area contributed by atoms with E-state index in [9.17, 15) is 14.4 Å². The zero-order chi connectivity index (χ0) is 26.3. The lowest BCUT2D eigenvalue weighted by molar-refractivity contribution is -0.119. The summed E-state index contributed by atoms with van der Waals surface area (Å²) < 4.78 is 0. The maximum atomic E-state index is 12.5. The summed E-state index contributed by atoms with van der Waals surface area (Å²) in [6.07, 6.45) is 0.177. The molecule has 0 fully saturated rings. The number of aryl methyl sites for hydroxylation is 1. The molecule has 3 aromatic carbocycles. The van der Waals surface area contributed by atoms with Crippen LogP contribution in [-0.2, 0) is 16.6 Å². The number of hydrogen-bond acceptors (Lipinski definition) is 4. The normalized spacial score (nSPS) is 10.8. The van der Waals surface area contributed by atoms with Gasteiger partial charge >= 0.3 is 0 Å². The van der Waals surface area contributed by atoms with E-state index >= 15 is 0 Å². The Kier molecular flexibility index (Phi) is 8.55. The van der Waals surface area contributed by atoms with E-state index in [2.05, 4.69) is 42.3 Å². The molecule has 0 saturated heterocycles. The fourth-order valence-electron chi connectivity index (χ4n) is 3.40. The van der Waals surface area contributed by atoms with Gasteiger partial charge in [0.05, 0.1) is 6.42 Å². The molecule has 186 valence electrons. The first kappa shape index (κ1) is 26.6. The average Bonchev–Trinajstić information content (AvgIpc) is 2.84.